The predicted molar refractivity (Wildman–Crippen MR) is 81.0 cm³/mol. The summed E-state index contributed by atoms with van der Waals surface area (Å²) in [5.74, 6) is 1.12. The number of hydrogen-bond donors (Lipinski definition) is 1. The van der Waals surface area contributed by atoms with Crippen molar-refractivity contribution in [1.29, 1.82) is 0 Å². The molecule has 0 aliphatic carbocycles. The summed E-state index contributed by atoms with van der Waals surface area (Å²) in [6, 6.07) is 7.45. The Labute approximate surface area is 121 Å². The molecule has 4 nitrogen and oxygen atoms in total. The summed E-state index contributed by atoms with van der Waals surface area (Å²) in [5, 5.41) is 3.83. The monoisotopic (exact) mass is 275 g/mol. The standard InChI is InChI=1S/C16H25N3O/c1-13-12-15(7-11-20-13)18-14-5-9-19(10-6-14)16-4-2-3-8-17-16/h2-4,8,13-15,18H,5-7,9-12H2,1H3. The average Bonchev–Trinajstić information content (AvgIpc) is 2.49. The number of aromatic nitrogens is 1. The molecule has 2 aliphatic rings. The van der Waals surface area contributed by atoms with E-state index in [1.165, 1.54) is 12.8 Å². The van der Waals surface area contributed by atoms with Gasteiger partial charge in [-0.2, -0.15) is 0 Å². The topological polar surface area (TPSA) is 37.4 Å². The Morgan fingerprint density at radius 1 is 1.20 bits per heavy atom. The molecule has 110 valence electrons. The van der Waals surface area contributed by atoms with Crippen LogP contribution in [-0.4, -0.2) is 42.9 Å². The smallest absolute Gasteiger partial charge is 0.128 e. The van der Waals surface area contributed by atoms with Gasteiger partial charge in [-0.15, -0.1) is 0 Å². The van der Waals surface area contributed by atoms with Crippen molar-refractivity contribution < 1.29 is 4.74 Å². The number of pyridine rings is 1. The third kappa shape index (κ3) is 3.49. The number of hydrogen-bond acceptors (Lipinski definition) is 4. The molecule has 2 atom stereocenters. The summed E-state index contributed by atoms with van der Waals surface area (Å²) in [6.45, 7) is 5.30. The van der Waals surface area contributed by atoms with Gasteiger partial charge in [0.2, 0.25) is 0 Å². The summed E-state index contributed by atoms with van der Waals surface area (Å²) in [4.78, 5) is 6.84. The van der Waals surface area contributed by atoms with Crippen molar-refractivity contribution in [2.45, 2.75) is 50.8 Å². The highest BCUT2D eigenvalue weighted by atomic mass is 16.5. The SMILES string of the molecule is CC1CC(NC2CCN(c3ccccn3)CC2)CCO1. The largest absolute Gasteiger partial charge is 0.378 e. The number of ether oxygens (including phenoxy) is 1. The van der Waals surface area contributed by atoms with Gasteiger partial charge in [0.1, 0.15) is 5.82 Å². The quantitative estimate of drug-likeness (QED) is 0.918. The van der Waals surface area contributed by atoms with Gasteiger partial charge in [-0.25, -0.2) is 4.98 Å². The second kappa shape index (κ2) is 6.55. The summed E-state index contributed by atoms with van der Waals surface area (Å²) in [6.07, 6.45) is 7.02. The van der Waals surface area contributed by atoms with Crippen LogP contribution in [0, 0.1) is 0 Å². The van der Waals surface area contributed by atoms with E-state index in [0.29, 0.717) is 18.2 Å². The van der Waals surface area contributed by atoms with Crippen molar-refractivity contribution in [3.05, 3.63) is 24.4 Å². The number of nitrogens with one attached hydrogen (secondary N) is 1. The Kier molecular flexibility index (Phi) is 4.53. The predicted octanol–water partition coefficient (Wildman–Crippen LogP) is 2.21. The molecule has 0 radical (unpaired) electrons. The fourth-order valence-corrected chi connectivity index (χ4v) is 3.30. The van der Waals surface area contributed by atoms with E-state index in [1.54, 1.807) is 0 Å². The summed E-state index contributed by atoms with van der Waals surface area (Å²) >= 11 is 0. The molecule has 1 N–H and O–H groups in total. The number of piperidine rings is 1. The molecule has 4 heteroatoms. The Hall–Kier alpha value is -1.13. The number of anilines is 1. The minimum absolute atomic E-state index is 0.412. The Balaban J connectivity index is 1.46. The summed E-state index contributed by atoms with van der Waals surface area (Å²) in [5.41, 5.74) is 0. The molecular formula is C16H25N3O. The first-order chi connectivity index (χ1) is 9.81. The van der Waals surface area contributed by atoms with Gasteiger partial charge in [0, 0.05) is 38.0 Å². The maximum Gasteiger partial charge on any atom is 0.128 e. The van der Waals surface area contributed by atoms with Gasteiger partial charge in [-0.05, 0) is 44.7 Å². The van der Waals surface area contributed by atoms with E-state index in [0.717, 1.165) is 38.4 Å². The lowest BCUT2D eigenvalue weighted by atomic mass is 9.99. The van der Waals surface area contributed by atoms with Crippen LogP contribution < -0.4 is 10.2 Å². The van der Waals surface area contributed by atoms with Crippen LogP contribution >= 0.6 is 0 Å². The zero-order valence-electron chi connectivity index (χ0n) is 12.3. The van der Waals surface area contributed by atoms with Crippen LogP contribution in [0.5, 0.6) is 0 Å². The fourth-order valence-electron chi connectivity index (χ4n) is 3.30. The molecule has 1 aromatic heterocycles. The van der Waals surface area contributed by atoms with Crippen LogP contribution in [0.1, 0.15) is 32.6 Å². The molecule has 0 bridgehead atoms. The molecule has 2 aliphatic heterocycles. The van der Waals surface area contributed by atoms with Crippen LogP contribution in [-0.2, 0) is 4.74 Å². The van der Waals surface area contributed by atoms with Crippen molar-refractivity contribution in [2.24, 2.45) is 0 Å². The molecule has 0 saturated carbocycles. The maximum atomic E-state index is 5.62. The number of rotatable bonds is 3. The minimum atomic E-state index is 0.412. The first-order valence-electron chi connectivity index (χ1n) is 7.85. The van der Waals surface area contributed by atoms with Crippen molar-refractivity contribution in [1.82, 2.24) is 10.3 Å². The highest BCUT2D eigenvalue weighted by Crippen LogP contribution is 2.20. The van der Waals surface area contributed by atoms with Crippen molar-refractivity contribution in [3.63, 3.8) is 0 Å². The Bertz CT molecular complexity index is 403. The first kappa shape index (κ1) is 13.8. The van der Waals surface area contributed by atoms with Crippen LogP contribution in [0.25, 0.3) is 0 Å². The average molecular weight is 275 g/mol. The van der Waals surface area contributed by atoms with Gasteiger partial charge in [0.05, 0.1) is 6.10 Å². The van der Waals surface area contributed by atoms with E-state index >= 15 is 0 Å². The van der Waals surface area contributed by atoms with Crippen LogP contribution in [0.4, 0.5) is 5.82 Å². The van der Waals surface area contributed by atoms with Gasteiger partial charge < -0.3 is 15.0 Å². The lowest BCUT2D eigenvalue weighted by Crippen LogP contribution is -2.48. The molecule has 0 amide bonds. The summed E-state index contributed by atoms with van der Waals surface area (Å²) in [7, 11) is 0. The van der Waals surface area contributed by atoms with Crippen LogP contribution in [0.3, 0.4) is 0 Å². The van der Waals surface area contributed by atoms with Gasteiger partial charge in [-0.1, -0.05) is 6.07 Å². The Morgan fingerprint density at radius 2 is 2.05 bits per heavy atom. The molecule has 3 heterocycles. The molecule has 3 rings (SSSR count). The molecular weight excluding hydrogens is 250 g/mol. The highest BCUT2D eigenvalue weighted by Gasteiger charge is 2.25. The van der Waals surface area contributed by atoms with E-state index in [4.69, 9.17) is 4.74 Å². The van der Waals surface area contributed by atoms with E-state index in [-0.39, 0.29) is 0 Å². The molecule has 0 spiro atoms. The molecule has 1 aromatic rings. The molecule has 2 fully saturated rings. The fraction of sp³-hybridized carbons (Fsp3) is 0.688. The summed E-state index contributed by atoms with van der Waals surface area (Å²) < 4.78 is 5.62. The van der Waals surface area contributed by atoms with Crippen molar-refractivity contribution in [3.8, 4) is 0 Å². The van der Waals surface area contributed by atoms with E-state index in [9.17, 15) is 0 Å². The lowest BCUT2D eigenvalue weighted by Gasteiger charge is -2.37. The van der Waals surface area contributed by atoms with Crippen LogP contribution in [0.15, 0.2) is 24.4 Å². The van der Waals surface area contributed by atoms with Gasteiger partial charge in [0.15, 0.2) is 0 Å². The number of nitrogens with zero attached hydrogens (tertiary/aromatic N) is 2. The van der Waals surface area contributed by atoms with E-state index in [2.05, 4.69) is 34.3 Å². The van der Waals surface area contributed by atoms with Gasteiger partial charge in [0.25, 0.3) is 0 Å². The molecule has 0 aromatic carbocycles. The molecule has 20 heavy (non-hydrogen) atoms. The normalized spacial score (nSPS) is 28.6. The van der Waals surface area contributed by atoms with Gasteiger partial charge in [-0.3, -0.25) is 0 Å². The Morgan fingerprint density at radius 3 is 2.75 bits per heavy atom. The highest BCUT2D eigenvalue weighted by molar-refractivity contribution is 5.38. The van der Waals surface area contributed by atoms with Crippen molar-refractivity contribution >= 4 is 5.82 Å². The van der Waals surface area contributed by atoms with Crippen molar-refractivity contribution in [2.75, 3.05) is 24.6 Å². The third-order valence-corrected chi connectivity index (χ3v) is 4.42. The van der Waals surface area contributed by atoms with Gasteiger partial charge >= 0.3 is 0 Å². The second-order valence-corrected chi connectivity index (χ2v) is 6.02. The minimum Gasteiger partial charge on any atom is -0.378 e. The van der Waals surface area contributed by atoms with Crippen LogP contribution in [0.2, 0.25) is 0 Å². The third-order valence-electron chi connectivity index (χ3n) is 4.42. The zero-order chi connectivity index (χ0) is 13.8. The first-order valence-corrected chi connectivity index (χ1v) is 7.85. The zero-order valence-corrected chi connectivity index (χ0v) is 12.3. The molecule has 2 unspecified atom stereocenters. The van der Waals surface area contributed by atoms with E-state index < -0.39 is 0 Å². The second-order valence-electron chi connectivity index (χ2n) is 6.02. The molecule has 2 saturated heterocycles. The lowest BCUT2D eigenvalue weighted by molar-refractivity contribution is 0.0107. The van der Waals surface area contributed by atoms with E-state index in [1.807, 2.05) is 12.3 Å². The maximum absolute atomic E-state index is 5.62.